The van der Waals surface area contributed by atoms with Crippen LogP contribution in [0.3, 0.4) is 0 Å². The van der Waals surface area contributed by atoms with Crippen LogP contribution in [0.4, 0.5) is 0 Å². The zero-order valence-corrected chi connectivity index (χ0v) is 12.1. The summed E-state index contributed by atoms with van der Waals surface area (Å²) < 4.78 is 4.89. The Kier molecular flexibility index (Phi) is 3.18. The van der Waals surface area contributed by atoms with E-state index < -0.39 is 5.41 Å². The Labute approximate surface area is 113 Å². The van der Waals surface area contributed by atoms with Crippen LogP contribution >= 0.6 is 11.6 Å². The fraction of sp³-hybridized carbons (Fsp3) is 0.533. The molecule has 98 valence electrons. The van der Waals surface area contributed by atoms with Crippen molar-refractivity contribution in [3.63, 3.8) is 0 Å². The molecule has 2 rings (SSSR count). The summed E-state index contributed by atoms with van der Waals surface area (Å²) in [7, 11) is 1.44. The van der Waals surface area contributed by atoms with E-state index in [9.17, 15) is 4.79 Å². The maximum atomic E-state index is 11.8. The van der Waals surface area contributed by atoms with E-state index >= 15 is 0 Å². The molecular formula is C15H19ClO2. The van der Waals surface area contributed by atoms with Gasteiger partial charge in [-0.15, -0.1) is 0 Å². The second kappa shape index (κ2) is 4.27. The number of benzene rings is 1. The third-order valence-corrected chi connectivity index (χ3v) is 3.97. The quantitative estimate of drug-likeness (QED) is 0.760. The molecule has 3 heteroatoms. The fourth-order valence-electron chi connectivity index (χ4n) is 2.35. The van der Waals surface area contributed by atoms with Crippen molar-refractivity contribution in [3.05, 3.63) is 34.3 Å². The second-order valence-electron chi connectivity index (χ2n) is 6.02. The van der Waals surface area contributed by atoms with E-state index in [-0.39, 0.29) is 11.4 Å². The van der Waals surface area contributed by atoms with Gasteiger partial charge in [0.2, 0.25) is 0 Å². The lowest BCUT2D eigenvalue weighted by Gasteiger charge is -2.22. The average Bonchev–Trinajstić information content (AvgIpc) is 3.07. The number of methoxy groups -OCH3 is 1. The summed E-state index contributed by atoms with van der Waals surface area (Å²) >= 11 is 6.34. The molecule has 18 heavy (non-hydrogen) atoms. The van der Waals surface area contributed by atoms with Crippen LogP contribution in [-0.4, -0.2) is 13.1 Å². The standard InChI is InChI=1S/C15H19ClO2/c1-14(2,3)11-6-5-10(9-12(11)16)15(7-8-15)13(17)18-4/h5-6,9H,7-8H2,1-4H3. The van der Waals surface area contributed by atoms with E-state index in [1.807, 2.05) is 18.2 Å². The van der Waals surface area contributed by atoms with Gasteiger partial charge in [0.05, 0.1) is 12.5 Å². The summed E-state index contributed by atoms with van der Waals surface area (Å²) in [6.07, 6.45) is 1.70. The lowest BCUT2D eigenvalue weighted by atomic mass is 9.85. The third kappa shape index (κ3) is 2.14. The first-order valence-electron chi connectivity index (χ1n) is 6.20. The summed E-state index contributed by atoms with van der Waals surface area (Å²) in [5.41, 5.74) is 1.66. The van der Waals surface area contributed by atoms with E-state index in [1.54, 1.807) is 0 Å². The summed E-state index contributed by atoms with van der Waals surface area (Å²) in [4.78, 5) is 11.8. The monoisotopic (exact) mass is 266 g/mol. The Hall–Kier alpha value is -1.02. The number of carbonyl (C=O) groups excluding carboxylic acids is 1. The molecule has 0 aromatic heterocycles. The Morgan fingerprint density at radius 1 is 1.33 bits per heavy atom. The highest BCUT2D eigenvalue weighted by atomic mass is 35.5. The maximum absolute atomic E-state index is 11.8. The lowest BCUT2D eigenvalue weighted by Crippen LogP contribution is -2.22. The van der Waals surface area contributed by atoms with Crippen LogP contribution in [0.25, 0.3) is 0 Å². The van der Waals surface area contributed by atoms with Gasteiger partial charge in [0.15, 0.2) is 0 Å². The fourth-order valence-corrected chi connectivity index (χ4v) is 2.82. The number of ether oxygens (including phenoxy) is 1. The molecule has 0 aliphatic heterocycles. The number of esters is 1. The molecule has 1 fully saturated rings. The minimum Gasteiger partial charge on any atom is -0.468 e. The normalized spacial score (nSPS) is 17.4. The zero-order chi connectivity index (χ0) is 13.6. The SMILES string of the molecule is COC(=O)C1(c2ccc(C(C)(C)C)c(Cl)c2)CC1. The van der Waals surface area contributed by atoms with Crippen molar-refractivity contribution in [2.45, 2.75) is 44.4 Å². The molecule has 0 saturated heterocycles. The molecule has 1 aromatic rings. The highest BCUT2D eigenvalue weighted by Crippen LogP contribution is 2.50. The van der Waals surface area contributed by atoms with Crippen molar-refractivity contribution in [1.29, 1.82) is 0 Å². The van der Waals surface area contributed by atoms with Gasteiger partial charge >= 0.3 is 5.97 Å². The highest BCUT2D eigenvalue weighted by molar-refractivity contribution is 6.31. The molecule has 1 saturated carbocycles. The van der Waals surface area contributed by atoms with Crippen LogP contribution in [0.15, 0.2) is 18.2 Å². The molecule has 0 N–H and O–H groups in total. The van der Waals surface area contributed by atoms with Gasteiger partial charge in [-0.25, -0.2) is 0 Å². The Balaban J connectivity index is 2.39. The Morgan fingerprint density at radius 3 is 2.33 bits per heavy atom. The first-order chi connectivity index (χ1) is 8.31. The molecule has 1 aromatic carbocycles. The molecule has 2 nitrogen and oxygen atoms in total. The first kappa shape index (κ1) is 13.4. The van der Waals surface area contributed by atoms with E-state index in [0.717, 1.165) is 29.0 Å². The minimum absolute atomic E-state index is 0.0115. The molecule has 0 unspecified atom stereocenters. The van der Waals surface area contributed by atoms with Crippen LogP contribution in [0.5, 0.6) is 0 Å². The molecule has 1 aliphatic carbocycles. The second-order valence-corrected chi connectivity index (χ2v) is 6.43. The van der Waals surface area contributed by atoms with Crippen molar-refractivity contribution in [3.8, 4) is 0 Å². The van der Waals surface area contributed by atoms with Crippen LogP contribution in [-0.2, 0) is 20.4 Å². The number of hydrogen-bond donors (Lipinski definition) is 0. The zero-order valence-electron chi connectivity index (χ0n) is 11.3. The van der Waals surface area contributed by atoms with Gasteiger partial charge in [0.1, 0.15) is 0 Å². The van der Waals surface area contributed by atoms with Crippen molar-refractivity contribution in [2.24, 2.45) is 0 Å². The van der Waals surface area contributed by atoms with E-state index in [0.29, 0.717) is 0 Å². The first-order valence-corrected chi connectivity index (χ1v) is 6.58. The van der Waals surface area contributed by atoms with Crippen molar-refractivity contribution in [1.82, 2.24) is 0 Å². The molecule has 0 radical (unpaired) electrons. The lowest BCUT2D eigenvalue weighted by molar-refractivity contribution is -0.143. The maximum Gasteiger partial charge on any atom is 0.316 e. The molecule has 0 bridgehead atoms. The van der Waals surface area contributed by atoms with Crippen LogP contribution < -0.4 is 0 Å². The number of hydrogen-bond acceptors (Lipinski definition) is 2. The van der Waals surface area contributed by atoms with Gasteiger partial charge < -0.3 is 4.74 Å². The Bertz CT molecular complexity index is 482. The molecular weight excluding hydrogens is 248 g/mol. The van der Waals surface area contributed by atoms with Crippen LogP contribution in [0.1, 0.15) is 44.7 Å². The van der Waals surface area contributed by atoms with Gasteiger partial charge in [-0.05, 0) is 35.4 Å². The van der Waals surface area contributed by atoms with Gasteiger partial charge in [0.25, 0.3) is 0 Å². The van der Waals surface area contributed by atoms with E-state index in [1.165, 1.54) is 7.11 Å². The molecule has 0 spiro atoms. The van der Waals surface area contributed by atoms with Gasteiger partial charge in [-0.1, -0.05) is 44.5 Å². The topological polar surface area (TPSA) is 26.3 Å². The van der Waals surface area contributed by atoms with Crippen molar-refractivity contribution < 1.29 is 9.53 Å². The predicted octanol–water partition coefficient (Wildman–Crippen LogP) is 3.84. The molecule has 0 heterocycles. The van der Waals surface area contributed by atoms with Gasteiger partial charge in [-0.3, -0.25) is 4.79 Å². The summed E-state index contributed by atoms with van der Waals surface area (Å²) in [5.74, 6) is -0.151. The number of carbonyl (C=O) groups is 1. The highest BCUT2D eigenvalue weighted by Gasteiger charge is 2.52. The largest absolute Gasteiger partial charge is 0.468 e. The summed E-state index contributed by atoms with van der Waals surface area (Å²) in [6.45, 7) is 6.38. The summed E-state index contributed by atoms with van der Waals surface area (Å²) in [5, 5.41) is 0.732. The molecule has 0 atom stereocenters. The Morgan fingerprint density at radius 2 is 1.94 bits per heavy atom. The van der Waals surface area contributed by atoms with Crippen molar-refractivity contribution in [2.75, 3.05) is 7.11 Å². The number of rotatable bonds is 2. The van der Waals surface area contributed by atoms with E-state index in [2.05, 4.69) is 20.8 Å². The smallest absolute Gasteiger partial charge is 0.316 e. The minimum atomic E-state index is -0.436. The number of halogens is 1. The molecule has 1 aliphatic rings. The third-order valence-electron chi connectivity index (χ3n) is 3.66. The predicted molar refractivity (Wildman–Crippen MR) is 73.1 cm³/mol. The van der Waals surface area contributed by atoms with Gasteiger partial charge in [-0.2, -0.15) is 0 Å². The summed E-state index contributed by atoms with van der Waals surface area (Å²) in [6, 6.07) is 5.96. The van der Waals surface area contributed by atoms with Crippen molar-refractivity contribution >= 4 is 17.6 Å². The van der Waals surface area contributed by atoms with Crippen LogP contribution in [0, 0.1) is 0 Å². The van der Waals surface area contributed by atoms with E-state index in [4.69, 9.17) is 16.3 Å². The molecule has 0 amide bonds. The van der Waals surface area contributed by atoms with Crippen LogP contribution in [0.2, 0.25) is 5.02 Å². The van der Waals surface area contributed by atoms with Gasteiger partial charge in [0, 0.05) is 5.02 Å². The average molecular weight is 267 g/mol.